The van der Waals surface area contributed by atoms with Crippen molar-refractivity contribution in [3.8, 4) is 10.6 Å². The van der Waals surface area contributed by atoms with Crippen molar-refractivity contribution in [3.63, 3.8) is 0 Å². The minimum Gasteiger partial charge on any atom is -0.253 e. The zero-order chi connectivity index (χ0) is 15.4. The minimum atomic E-state index is 0.249. The van der Waals surface area contributed by atoms with E-state index in [1.54, 1.807) is 22.7 Å². The highest BCUT2D eigenvalue weighted by Gasteiger charge is 2.59. The monoisotopic (exact) mass is 331 g/mol. The SMILES string of the molecule is CC12CCC(C/C1=N\Nc1nc(-c3cccs3)cs1)C2(C)C. The van der Waals surface area contributed by atoms with Gasteiger partial charge in [-0.15, -0.1) is 22.7 Å². The van der Waals surface area contributed by atoms with Gasteiger partial charge in [0.25, 0.3) is 0 Å². The van der Waals surface area contributed by atoms with Crippen LogP contribution in [0.3, 0.4) is 0 Å². The molecule has 2 fully saturated rings. The number of rotatable bonds is 3. The number of thiophene rings is 1. The molecule has 116 valence electrons. The first-order valence-electron chi connectivity index (χ1n) is 7.83. The molecule has 2 heterocycles. The van der Waals surface area contributed by atoms with Crippen LogP contribution in [0.5, 0.6) is 0 Å². The van der Waals surface area contributed by atoms with Crippen molar-refractivity contribution in [2.45, 2.75) is 40.0 Å². The Labute approximate surface area is 139 Å². The summed E-state index contributed by atoms with van der Waals surface area (Å²) in [6.45, 7) is 7.20. The number of aromatic nitrogens is 1. The quantitative estimate of drug-likeness (QED) is 0.756. The largest absolute Gasteiger partial charge is 0.253 e. The molecular weight excluding hydrogens is 310 g/mol. The Bertz CT molecular complexity index is 714. The van der Waals surface area contributed by atoms with Crippen molar-refractivity contribution >= 4 is 33.5 Å². The van der Waals surface area contributed by atoms with Gasteiger partial charge in [-0.2, -0.15) is 5.10 Å². The second kappa shape index (κ2) is 4.90. The van der Waals surface area contributed by atoms with E-state index in [1.807, 2.05) is 0 Å². The molecule has 4 rings (SSSR count). The van der Waals surface area contributed by atoms with E-state index in [0.29, 0.717) is 5.41 Å². The van der Waals surface area contributed by atoms with Gasteiger partial charge in [-0.3, -0.25) is 5.43 Å². The highest BCUT2D eigenvalue weighted by molar-refractivity contribution is 7.15. The van der Waals surface area contributed by atoms with Crippen LogP contribution < -0.4 is 5.43 Å². The zero-order valence-electron chi connectivity index (χ0n) is 13.2. The van der Waals surface area contributed by atoms with Gasteiger partial charge in [-0.05, 0) is 42.0 Å². The first-order chi connectivity index (χ1) is 10.5. The van der Waals surface area contributed by atoms with Gasteiger partial charge >= 0.3 is 0 Å². The number of hydrogen-bond donors (Lipinski definition) is 1. The summed E-state index contributed by atoms with van der Waals surface area (Å²) in [5.74, 6) is 0.788. The maximum Gasteiger partial charge on any atom is 0.203 e. The molecule has 2 unspecified atom stereocenters. The van der Waals surface area contributed by atoms with E-state index in [4.69, 9.17) is 5.10 Å². The van der Waals surface area contributed by atoms with E-state index in [9.17, 15) is 0 Å². The topological polar surface area (TPSA) is 37.3 Å². The molecule has 2 aromatic rings. The molecule has 0 spiro atoms. The first-order valence-corrected chi connectivity index (χ1v) is 9.59. The van der Waals surface area contributed by atoms with Crippen LogP contribution in [0.2, 0.25) is 0 Å². The van der Waals surface area contributed by atoms with E-state index < -0.39 is 0 Å². The van der Waals surface area contributed by atoms with Gasteiger partial charge in [0.15, 0.2) is 0 Å². The van der Waals surface area contributed by atoms with Crippen LogP contribution in [0.1, 0.15) is 40.0 Å². The van der Waals surface area contributed by atoms with Gasteiger partial charge in [0, 0.05) is 16.5 Å². The third-order valence-corrected chi connectivity index (χ3v) is 7.72. The zero-order valence-corrected chi connectivity index (χ0v) is 14.9. The summed E-state index contributed by atoms with van der Waals surface area (Å²) in [5, 5.41) is 9.83. The number of nitrogens with one attached hydrogen (secondary N) is 1. The number of anilines is 1. The fraction of sp³-hybridized carbons (Fsp3) is 0.529. The maximum absolute atomic E-state index is 4.76. The summed E-state index contributed by atoms with van der Waals surface area (Å²) < 4.78 is 0. The molecule has 1 N–H and O–H groups in total. The Morgan fingerprint density at radius 3 is 2.82 bits per heavy atom. The summed E-state index contributed by atoms with van der Waals surface area (Å²) >= 11 is 3.35. The van der Waals surface area contributed by atoms with Gasteiger partial charge < -0.3 is 0 Å². The summed E-state index contributed by atoms with van der Waals surface area (Å²) in [5.41, 5.74) is 6.22. The molecule has 0 amide bonds. The van der Waals surface area contributed by atoms with Gasteiger partial charge in [-0.25, -0.2) is 4.98 Å². The molecule has 0 radical (unpaired) electrons. The summed E-state index contributed by atoms with van der Waals surface area (Å²) in [6.07, 6.45) is 3.76. The minimum absolute atomic E-state index is 0.249. The molecule has 2 atom stereocenters. The van der Waals surface area contributed by atoms with Crippen molar-refractivity contribution < 1.29 is 0 Å². The van der Waals surface area contributed by atoms with Crippen LogP contribution in [0.4, 0.5) is 5.13 Å². The lowest BCUT2D eigenvalue weighted by Gasteiger charge is -2.34. The Hall–Kier alpha value is -1.20. The third kappa shape index (κ3) is 1.98. The van der Waals surface area contributed by atoms with Gasteiger partial charge in [0.05, 0.1) is 10.6 Å². The number of hydrazone groups is 1. The molecule has 2 aromatic heterocycles. The number of nitrogens with zero attached hydrogens (tertiary/aromatic N) is 2. The number of hydrogen-bond acceptors (Lipinski definition) is 5. The van der Waals surface area contributed by atoms with Crippen molar-refractivity contribution in [1.82, 2.24) is 4.98 Å². The van der Waals surface area contributed by atoms with Gasteiger partial charge in [-0.1, -0.05) is 26.8 Å². The van der Waals surface area contributed by atoms with Crippen LogP contribution in [0.15, 0.2) is 28.0 Å². The first kappa shape index (κ1) is 14.4. The highest BCUT2D eigenvalue weighted by atomic mass is 32.1. The fourth-order valence-corrected chi connectivity index (χ4v) is 5.49. The normalized spacial score (nSPS) is 31.0. The lowest BCUT2D eigenvalue weighted by atomic mass is 9.70. The van der Waals surface area contributed by atoms with Crippen LogP contribution in [0.25, 0.3) is 10.6 Å². The Kier molecular flexibility index (Phi) is 3.20. The van der Waals surface area contributed by atoms with Crippen LogP contribution >= 0.6 is 22.7 Å². The molecule has 5 heteroatoms. The van der Waals surface area contributed by atoms with E-state index in [2.05, 4.69) is 54.1 Å². The second-order valence-electron chi connectivity index (χ2n) is 7.18. The Morgan fingerprint density at radius 2 is 2.18 bits per heavy atom. The lowest BCUT2D eigenvalue weighted by molar-refractivity contribution is 0.194. The van der Waals surface area contributed by atoms with Crippen LogP contribution in [-0.4, -0.2) is 10.7 Å². The molecular formula is C17H21N3S2. The van der Waals surface area contributed by atoms with Crippen LogP contribution in [-0.2, 0) is 0 Å². The van der Waals surface area contributed by atoms with E-state index in [1.165, 1.54) is 23.4 Å². The molecule has 2 aliphatic rings. The molecule has 2 saturated carbocycles. The van der Waals surface area contributed by atoms with E-state index in [-0.39, 0.29) is 5.41 Å². The standard InChI is InChI=1S/C17H21N3S2/c1-16(2)11-6-7-17(16,3)14(9-11)19-20-15-18-12(10-22-15)13-5-4-8-21-13/h4-5,8,10-11H,6-7,9H2,1-3H3,(H,18,20)/b19-14+. The number of fused-ring (bicyclic) bond motifs is 2. The molecule has 22 heavy (non-hydrogen) atoms. The molecule has 0 aliphatic heterocycles. The summed E-state index contributed by atoms with van der Waals surface area (Å²) in [7, 11) is 0. The third-order valence-electron chi connectivity index (χ3n) is 6.08. The molecule has 3 nitrogen and oxygen atoms in total. The summed E-state index contributed by atoms with van der Waals surface area (Å²) in [6, 6.07) is 4.17. The molecule has 0 aromatic carbocycles. The van der Waals surface area contributed by atoms with Crippen molar-refractivity contribution in [1.29, 1.82) is 0 Å². The number of thiazole rings is 1. The highest BCUT2D eigenvalue weighted by Crippen LogP contribution is 2.63. The lowest BCUT2D eigenvalue weighted by Crippen LogP contribution is -2.32. The van der Waals surface area contributed by atoms with Crippen molar-refractivity contribution in [2.75, 3.05) is 5.43 Å². The molecule has 0 saturated heterocycles. The average Bonchev–Trinajstić information content (AvgIpc) is 3.22. The van der Waals surface area contributed by atoms with Crippen LogP contribution in [0, 0.1) is 16.7 Å². The second-order valence-corrected chi connectivity index (χ2v) is 8.98. The molecule has 2 bridgehead atoms. The van der Waals surface area contributed by atoms with Crippen molar-refractivity contribution in [2.24, 2.45) is 21.8 Å². The maximum atomic E-state index is 4.76. The molecule has 2 aliphatic carbocycles. The van der Waals surface area contributed by atoms with Gasteiger partial charge in [0.2, 0.25) is 5.13 Å². The summed E-state index contributed by atoms with van der Waals surface area (Å²) in [4.78, 5) is 5.86. The Balaban J connectivity index is 1.54. The van der Waals surface area contributed by atoms with E-state index in [0.717, 1.165) is 23.2 Å². The van der Waals surface area contributed by atoms with E-state index >= 15 is 0 Å². The van der Waals surface area contributed by atoms with Gasteiger partial charge in [0.1, 0.15) is 0 Å². The Morgan fingerprint density at radius 1 is 1.32 bits per heavy atom. The predicted molar refractivity (Wildman–Crippen MR) is 95.7 cm³/mol. The fourth-order valence-electron chi connectivity index (χ4n) is 4.08. The smallest absolute Gasteiger partial charge is 0.203 e. The van der Waals surface area contributed by atoms with Crippen molar-refractivity contribution in [3.05, 3.63) is 22.9 Å². The predicted octanol–water partition coefficient (Wildman–Crippen LogP) is 5.49. The average molecular weight is 332 g/mol.